The number of aliphatic imine (C=N–C) groups is 1. The van der Waals surface area contributed by atoms with Gasteiger partial charge < -0.3 is 15.7 Å². The van der Waals surface area contributed by atoms with Gasteiger partial charge in [0.15, 0.2) is 5.82 Å². The maximum Gasteiger partial charge on any atom is 0.165 e. The number of aromatic nitrogens is 1. The van der Waals surface area contributed by atoms with E-state index in [1.165, 1.54) is 5.01 Å². The number of hydrogen-bond donors (Lipinski definition) is 4. The predicted molar refractivity (Wildman–Crippen MR) is 123 cm³/mol. The Labute approximate surface area is 184 Å². The molecule has 0 saturated heterocycles. The lowest BCUT2D eigenvalue weighted by Crippen LogP contribution is -2.44. The number of allylic oxidation sites excluding steroid dienone is 2. The average molecular weight is 469 g/mol. The Balaban J connectivity index is 1.80. The lowest BCUT2D eigenvalue weighted by atomic mass is 10.1. The minimum atomic E-state index is -0.199. The van der Waals surface area contributed by atoms with Crippen molar-refractivity contribution in [2.45, 2.75) is 19.0 Å². The number of pyridine rings is 1. The SMILES string of the molecule is C=C/C(Br)=C1/N=C(N[C@H](CO)Cc2ccccc2)C=C(NCc2cccnc2)N1N. The highest BCUT2D eigenvalue weighted by Crippen LogP contribution is 2.22. The highest BCUT2D eigenvalue weighted by atomic mass is 79.9. The molecule has 0 saturated carbocycles. The lowest BCUT2D eigenvalue weighted by Gasteiger charge is -2.29. The van der Waals surface area contributed by atoms with E-state index in [4.69, 9.17) is 5.84 Å². The molecular formula is C22H25BrN6O. The normalized spacial score (nSPS) is 16.3. The summed E-state index contributed by atoms with van der Waals surface area (Å²) in [6.07, 6.45) is 7.64. The fraction of sp³-hybridized carbons (Fsp3) is 0.182. The molecule has 0 aliphatic carbocycles. The van der Waals surface area contributed by atoms with E-state index in [1.807, 2.05) is 48.5 Å². The van der Waals surface area contributed by atoms with Crippen molar-refractivity contribution < 1.29 is 5.11 Å². The molecule has 1 atom stereocenters. The van der Waals surface area contributed by atoms with Crippen LogP contribution in [0.4, 0.5) is 0 Å². The number of benzene rings is 1. The zero-order valence-electron chi connectivity index (χ0n) is 16.5. The first kappa shape index (κ1) is 21.8. The number of aliphatic hydroxyl groups excluding tert-OH is 1. The van der Waals surface area contributed by atoms with E-state index in [-0.39, 0.29) is 12.6 Å². The first-order valence-corrected chi connectivity index (χ1v) is 10.3. The molecule has 0 radical (unpaired) electrons. The van der Waals surface area contributed by atoms with E-state index in [0.29, 0.717) is 34.9 Å². The van der Waals surface area contributed by atoms with Crippen molar-refractivity contribution in [2.75, 3.05) is 6.61 Å². The molecule has 2 heterocycles. The van der Waals surface area contributed by atoms with Crippen LogP contribution in [0.15, 0.2) is 94.7 Å². The van der Waals surface area contributed by atoms with Crippen molar-refractivity contribution in [1.29, 1.82) is 0 Å². The fourth-order valence-corrected chi connectivity index (χ4v) is 3.23. The van der Waals surface area contributed by atoms with Gasteiger partial charge in [0.2, 0.25) is 0 Å². The van der Waals surface area contributed by atoms with Gasteiger partial charge >= 0.3 is 0 Å². The van der Waals surface area contributed by atoms with Crippen LogP contribution in [0.1, 0.15) is 11.1 Å². The molecule has 0 fully saturated rings. The second-order valence-electron chi connectivity index (χ2n) is 6.70. The second-order valence-corrected chi connectivity index (χ2v) is 7.56. The molecule has 1 aromatic carbocycles. The molecule has 0 amide bonds. The highest BCUT2D eigenvalue weighted by molar-refractivity contribution is 9.11. The van der Waals surface area contributed by atoms with E-state index in [9.17, 15) is 5.11 Å². The van der Waals surface area contributed by atoms with Crippen molar-refractivity contribution in [1.82, 2.24) is 20.6 Å². The van der Waals surface area contributed by atoms with E-state index < -0.39 is 0 Å². The zero-order chi connectivity index (χ0) is 21.3. The monoisotopic (exact) mass is 468 g/mol. The van der Waals surface area contributed by atoms with Crippen molar-refractivity contribution in [3.8, 4) is 0 Å². The van der Waals surface area contributed by atoms with Crippen molar-refractivity contribution in [2.24, 2.45) is 10.8 Å². The van der Waals surface area contributed by atoms with Crippen LogP contribution in [0.2, 0.25) is 0 Å². The quantitative estimate of drug-likeness (QED) is 0.444. The number of amidine groups is 1. The number of nitrogens with one attached hydrogen (secondary N) is 2. The summed E-state index contributed by atoms with van der Waals surface area (Å²) in [4.78, 5) is 8.73. The maximum absolute atomic E-state index is 9.88. The van der Waals surface area contributed by atoms with Gasteiger partial charge in [-0.25, -0.2) is 15.8 Å². The van der Waals surface area contributed by atoms with Crippen LogP contribution in [0, 0.1) is 0 Å². The standard InChI is InChI=1S/C22H25BrN6O/c1-2-19(23)22-28-20(27-18(15-30)11-16-7-4-3-5-8-16)12-21(29(22)24)26-14-17-9-6-10-25-13-17/h2-10,12-13,18,26,30H,1,11,14-15,24H2,(H,27,28)/b22-19+/t18-/m0/s1. The van der Waals surface area contributed by atoms with Gasteiger partial charge in [0, 0.05) is 25.0 Å². The van der Waals surface area contributed by atoms with Gasteiger partial charge in [-0.15, -0.1) is 0 Å². The molecular weight excluding hydrogens is 444 g/mol. The number of hydrazine groups is 1. The molecule has 8 heteroatoms. The summed E-state index contributed by atoms with van der Waals surface area (Å²) >= 11 is 3.46. The third-order valence-electron chi connectivity index (χ3n) is 4.47. The van der Waals surface area contributed by atoms with E-state index in [0.717, 1.165) is 11.1 Å². The smallest absolute Gasteiger partial charge is 0.165 e. The molecule has 1 aromatic heterocycles. The Bertz CT molecular complexity index is 943. The van der Waals surface area contributed by atoms with Gasteiger partial charge in [-0.2, -0.15) is 0 Å². The van der Waals surface area contributed by atoms with Crippen LogP contribution in [-0.2, 0) is 13.0 Å². The first-order chi connectivity index (χ1) is 14.6. The minimum absolute atomic E-state index is 0.0335. The van der Waals surface area contributed by atoms with Crippen LogP contribution in [0.5, 0.6) is 0 Å². The van der Waals surface area contributed by atoms with Crippen molar-refractivity contribution in [3.05, 3.63) is 101 Å². The Kier molecular flexibility index (Phi) is 7.78. The summed E-state index contributed by atoms with van der Waals surface area (Å²) in [6.45, 7) is 4.30. The Morgan fingerprint density at radius 2 is 2.00 bits per heavy atom. The van der Waals surface area contributed by atoms with Gasteiger partial charge in [0.05, 0.1) is 17.1 Å². The molecule has 5 N–H and O–H groups in total. The number of nitrogens with two attached hydrogens (primary N) is 1. The summed E-state index contributed by atoms with van der Waals surface area (Å²) in [6, 6.07) is 13.7. The van der Waals surface area contributed by atoms with E-state index in [2.05, 4.69) is 43.1 Å². The Hall–Kier alpha value is -2.94. The number of hydrogen-bond acceptors (Lipinski definition) is 7. The van der Waals surface area contributed by atoms with Crippen molar-refractivity contribution >= 4 is 21.8 Å². The number of rotatable bonds is 8. The summed E-state index contributed by atoms with van der Waals surface area (Å²) < 4.78 is 0.654. The third-order valence-corrected chi connectivity index (χ3v) is 5.15. The number of nitrogens with zero attached hydrogens (tertiary/aromatic N) is 3. The molecule has 0 unspecified atom stereocenters. The summed E-state index contributed by atoms with van der Waals surface area (Å²) in [5, 5.41) is 18.0. The van der Waals surface area contributed by atoms with Crippen LogP contribution in [0.3, 0.4) is 0 Å². The van der Waals surface area contributed by atoms with Gasteiger partial charge in [0.1, 0.15) is 11.7 Å². The topological polar surface area (TPSA) is 98.8 Å². The molecule has 3 rings (SSSR count). The molecule has 30 heavy (non-hydrogen) atoms. The predicted octanol–water partition coefficient (Wildman–Crippen LogP) is 2.54. The summed E-state index contributed by atoms with van der Waals surface area (Å²) in [7, 11) is 0. The molecule has 0 bridgehead atoms. The molecule has 1 aliphatic rings. The van der Waals surface area contributed by atoms with Gasteiger partial charge in [-0.3, -0.25) is 4.98 Å². The van der Waals surface area contributed by atoms with Crippen LogP contribution in [0.25, 0.3) is 0 Å². The van der Waals surface area contributed by atoms with Crippen LogP contribution in [-0.4, -0.2) is 33.6 Å². The largest absolute Gasteiger partial charge is 0.394 e. The van der Waals surface area contributed by atoms with Gasteiger partial charge in [-0.1, -0.05) is 49.1 Å². The first-order valence-electron chi connectivity index (χ1n) is 9.52. The molecule has 0 spiro atoms. The van der Waals surface area contributed by atoms with Gasteiger partial charge in [0.25, 0.3) is 0 Å². The van der Waals surface area contributed by atoms with Gasteiger partial charge in [-0.05, 0) is 39.5 Å². The molecule has 2 aromatic rings. The third kappa shape index (κ3) is 5.79. The average Bonchev–Trinajstić information content (AvgIpc) is 2.79. The molecule has 156 valence electrons. The minimum Gasteiger partial charge on any atom is -0.394 e. The summed E-state index contributed by atoms with van der Waals surface area (Å²) in [5.74, 6) is 8.03. The second kappa shape index (κ2) is 10.7. The lowest BCUT2D eigenvalue weighted by molar-refractivity contribution is 0.254. The molecule has 1 aliphatic heterocycles. The molecule has 7 nitrogen and oxygen atoms in total. The van der Waals surface area contributed by atoms with Crippen molar-refractivity contribution in [3.63, 3.8) is 0 Å². The summed E-state index contributed by atoms with van der Waals surface area (Å²) in [5.41, 5.74) is 2.15. The van der Waals surface area contributed by atoms with Crippen LogP contribution < -0.4 is 16.5 Å². The van der Waals surface area contributed by atoms with E-state index >= 15 is 0 Å². The number of aliphatic hydroxyl groups is 1. The fourth-order valence-electron chi connectivity index (χ4n) is 2.95. The number of halogens is 1. The van der Waals surface area contributed by atoms with E-state index in [1.54, 1.807) is 18.5 Å². The zero-order valence-corrected chi connectivity index (χ0v) is 18.1. The highest BCUT2D eigenvalue weighted by Gasteiger charge is 2.21. The maximum atomic E-state index is 9.88. The Morgan fingerprint density at radius 1 is 1.23 bits per heavy atom. The Morgan fingerprint density at radius 3 is 2.67 bits per heavy atom. The van der Waals surface area contributed by atoms with Crippen LogP contribution >= 0.6 is 15.9 Å².